The minimum Gasteiger partial charge on any atom is -0.393 e. The molecule has 0 radical (unpaired) electrons. The number of aryl methyl sites for hydroxylation is 2. The number of rotatable bonds is 5. The van der Waals surface area contributed by atoms with Gasteiger partial charge in [-0.05, 0) is 44.7 Å². The Morgan fingerprint density at radius 3 is 2.62 bits per heavy atom. The Morgan fingerprint density at radius 1 is 1.38 bits per heavy atom. The number of aliphatic hydroxyl groups is 1. The van der Waals surface area contributed by atoms with Crippen molar-refractivity contribution in [2.45, 2.75) is 45.6 Å². The van der Waals surface area contributed by atoms with E-state index in [1.807, 2.05) is 18.3 Å². The predicted molar refractivity (Wildman–Crippen MR) is 58.3 cm³/mol. The van der Waals surface area contributed by atoms with Crippen molar-refractivity contribution in [2.75, 3.05) is 0 Å². The van der Waals surface area contributed by atoms with Crippen LogP contribution in [0.5, 0.6) is 0 Å². The van der Waals surface area contributed by atoms with Crippen LogP contribution >= 0.6 is 11.3 Å². The lowest BCUT2D eigenvalue weighted by molar-refractivity contribution is 0.182. The molecule has 1 aromatic rings. The number of aliphatic hydroxyl groups excluding tert-OH is 1. The molecule has 1 atom stereocenters. The van der Waals surface area contributed by atoms with E-state index in [1.54, 1.807) is 0 Å². The summed E-state index contributed by atoms with van der Waals surface area (Å²) in [7, 11) is 0. The quantitative estimate of drug-likeness (QED) is 0.771. The van der Waals surface area contributed by atoms with E-state index < -0.39 is 0 Å². The first-order chi connectivity index (χ1) is 6.22. The molecule has 0 bridgehead atoms. The van der Waals surface area contributed by atoms with Gasteiger partial charge in [-0.3, -0.25) is 0 Å². The van der Waals surface area contributed by atoms with E-state index in [4.69, 9.17) is 5.11 Å². The van der Waals surface area contributed by atoms with Crippen molar-refractivity contribution in [3.63, 3.8) is 0 Å². The molecule has 0 saturated carbocycles. The third kappa shape index (κ3) is 3.92. The Morgan fingerprint density at radius 2 is 2.08 bits per heavy atom. The van der Waals surface area contributed by atoms with Crippen LogP contribution in [-0.2, 0) is 12.8 Å². The summed E-state index contributed by atoms with van der Waals surface area (Å²) < 4.78 is 0. The predicted octanol–water partition coefficient (Wildman–Crippen LogP) is 3.01. The van der Waals surface area contributed by atoms with Gasteiger partial charge in [-0.2, -0.15) is 0 Å². The average molecular weight is 198 g/mol. The lowest BCUT2D eigenvalue weighted by Crippen LogP contribution is -1.99. The zero-order chi connectivity index (χ0) is 9.68. The molecule has 0 fully saturated rings. The van der Waals surface area contributed by atoms with Crippen molar-refractivity contribution < 1.29 is 5.11 Å². The first kappa shape index (κ1) is 10.7. The van der Waals surface area contributed by atoms with E-state index in [9.17, 15) is 0 Å². The molecule has 0 amide bonds. The van der Waals surface area contributed by atoms with Crippen LogP contribution in [0.15, 0.2) is 12.1 Å². The van der Waals surface area contributed by atoms with Crippen LogP contribution in [0, 0.1) is 0 Å². The third-order valence-electron chi connectivity index (χ3n) is 2.11. The number of thiophene rings is 1. The summed E-state index contributed by atoms with van der Waals surface area (Å²) in [5.41, 5.74) is 0. The van der Waals surface area contributed by atoms with Gasteiger partial charge in [0, 0.05) is 9.75 Å². The number of hydrogen-bond acceptors (Lipinski definition) is 2. The molecule has 1 unspecified atom stereocenters. The van der Waals surface area contributed by atoms with E-state index in [0.717, 1.165) is 25.7 Å². The van der Waals surface area contributed by atoms with Crippen LogP contribution in [0.1, 0.15) is 36.4 Å². The van der Waals surface area contributed by atoms with Crippen molar-refractivity contribution in [2.24, 2.45) is 0 Å². The highest BCUT2D eigenvalue weighted by atomic mass is 32.1. The van der Waals surface area contributed by atoms with Gasteiger partial charge in [0.1, 0.15) is 0 Å². The van der Waals surface area contributed by atoms with E-state index in [0.29, 0.717) is 0 Å². The Bertz CT molecular complexity index is 240. The molecule has 2 heteroatoms. The fourth-order valence-corrected chi connectivity index (χ4v) is 2.32. The summed E-state index contributed by atoms with van der Waals surface area (Å²) in [6.45, 7) is 4.04. The van der Waals surface area contributed by atoms with E-state index >= 15 is 0 Å². The van der Waals surface area contributed by atoms with Crippen molar-refractivity contribution >= 4 is 11.3 Å². The van der Waals surface area contributed by atoms with Gasteiger partial charge < -0.3 is 5.11 Å². The molecule has 0 aliphatic rings. The van der Waals surface area contributed by atoms with Crippen LogP contribution in [0.3, 0.4) is 0 Å². The molecule has 0 aliphatic carbocycles. The van der Waals surface area contributed by atoms with Gasteiger partial charge in [0.25, 0.3) is 0 Å². The molecule has 1 nitrogen and oxygen atoms in total. The summed E-state index contributed by atoms with van der Waals surface area (Å²) in [6.07, 6.45) is 4.13. The molecule has 74 valence electrons. The van der Waals surface area contributed by atoms with Gasteiger partial charge in [0.2, 0.25) is 0 Å². The van der Waals surface area contributed by atoms with E-state index in [1.165, 1.54) is 9.75 Å². The smallest absolute Gasteiger partial charge is 0.0512 e. The first-order valence-corrected chi connectivity index (χ1v) is 5.79. The van der Waals surface area contributed by atoms with Crippen LogP contribution in [0.2, 0.25) is 0 Å². The van der Waals surface area contributed by atoms with Gasteiger partial charge in [0.05, 0.1) is 6.10 Å². The van der Waals surface area contributed by atoms with Gasteiger partial charge in [-0.15, -0.1) is 11.3 Å². The summed E-state index contributed by atoms with van der Waals surface area (Å²) in [6, 6.07) is 4.42. The molecule has 0 spiro atoms. The summed E-state index contributed by atoms with van der Waals surface area (Å²) in [5, 5.41) is 9.09. The molecule has 0 aromatic carbocycles. The summed E-state index contributed by atoms with van der Waals surface area (Å²) >= 11 is 1.90. The second-order valence-electron chi connectivity index (χ2n) is 3.46. The largest absolute Gasteiger partial charge is 0.393 e. The highest BCUT2D eigenvalue weighted by Gasteiger charge is 2.00. The minimum atomic E-state index is -0.148. The maximum atomic E-state index is 9.09. The topological polar surface area (TPSA) is 20.2 Å². The molecule has 1 rings (SSSR count). The maximum absolute atomic E-state index is 9.09. The van der Waals surface area contributed by atoms with Gasteiger partial charge >= 0.3 is 0 Å². The Labute approximate surface area is 84.4 Å². The highest BCUT2D eigenvalue weighted by molar-refractivity contribution is 7.11. The van der Waals surface area contributed by atoms with Gasteiger partial charge in [-0.1, -0.05) is 6.92 Å². The number of hydrogen-bond donors (Lipinski definition) is 1. The summed E-state index contributed by atoms with van der Waals surface area (Å²) in [4.78, 5) is 2.92. The van der Waals surface area contributed by atoms with Crippen molar-refractivity contribution in [3.8, 4) is 0 Å². The normalized spacial score (nSPS) is 13.2. The van der Waals surface area contributed by atoms with Crippen molar-refractivity contribution in [1.82, 2.24) is 0 Å². The van der Waals surface area contributed by atoms with Gasteiger partial charge in [-0.25, -0.2) is 0 Å². The fraction of sp³-hybridized carbons (Fsp3) is 0.636. The van der Waals surface area contributed by atoms with Crippen LogP contribution in [0.25, 0.3) is 0 Å². The standard InChI is InChI=1S/C11H18OS/c1-3-10-7-8-11(13-10)6-4-5-9(2)12/h7-9,12H,3-6H2,1-2H3. The van der Waals surface area contributed by atoms with Crippen LogP contribution in [0.4, 0.5) is 0 Å². The lowest BCUT2D eigenvalue weighted by atomic mass is 10.1. The molecular weight excluding hydrogens is 180 g/mol. The molecule has 0 aliphatic heterocycles. The fourth-order valence-electron chi connectivity index (χ4n) is 1.32. The zero-order valence-corrected chi connectivity index (χ0v) is 9.23. The first-order valence-electron chi connectivity index (χ1n) is 4.98. The highest BCUT2D eigenvalue weighted by Crippen LogP contribution is 2.19. The second kappa shape index (κ2) is 5.40. The molecule has 1 N–H and O–H groups in total. The Hall–Kier alpha value is -0.340. The Kier molecular flexibility index (Phi) is 4.46. The van der Waals surface area contributed by atoms with Crippen LogP contribution < -0.4 is 0 Å². The molecular formula is C11H18OS. The molecule has 1 aromatic heterocycles. The van der Waals surface area contributed by atoms with Crippen molar-refractivity contribution in [1.29, 1.82) is 0 Å². The van der Waals surface area contributed by atoms with Crippen LogP contribution in [-0.4, -0.2) is 11.2 Å². The average Bonchev–Trinajstić information content (AvgIpc) is 2.52. The van der Waals surface area contributed by atoms with E-state index in [2.05, 4.69) is 19.1 Å². The van der Waals surface area contributed by atoms with Gasteiger partial charge in [0.15, 0.2) is 0 Å². The zero-order valence-electron chi connectivity index (χ0n) is 8.42. The molecule has 1 heterocycles. The maximum Gasteiger partial charge on any atom is 0.0512 e. The lowest BCUT2D eigenvalue weighted by Gasteiger charge is -2.01. The SMILES string of the molecule is CCc1ccc(CCCC(C)O)s1. The summed E-state index contributed by atoms with van der Waals surface area (Å²) in [5.74, 6) is 0. The Balaban J connectivity index is 2.28. The second-order valence-corrected chi connectivity index (χ2v) is 4.72. The molecule has 0 saturated heterocycles. The van der Waals surface area contributed by atoms with Crippen molar-refractivity contribution in [3.05, 3.63) is 21.9 Å². The third-order valence-corrected chi connectivity index (χ3v) is 3.40. The molecule has 13 heavy (non-hydrogen) atoms. The van der Waals surface area contributed by atoms with E-state index in [-0.39, 0.29) is 6.10 Å². The monoisotopic (exact) mass is 198 g/mol. The minimum absolute atomic E-state index is 0.148.